The Morgan fingerprint density at radius 1 is 0.955 bits per heavy atom. The van der Waals surface area contributed by atoms with Crippen LogP contribution in [0.5, 0.6) is 11.5 Å². The van der Waals surface area contributed by atoms with Crippen molar-refractivity contribution in [3.63, 3.8) is 0 Å². The van der Waals surface area contributed by atoms with Gasteiger partial charge in [-0.05, 0) is 44.0 Å². The van der Waals surface area contributed by atoms with Gasteiger partial charge in [0.05, 0.1) is 14.2 Å². The molecule has 0 amide bonds. The molecule has 2 aromatic rings. The third kappa shape index (κ3) is 4.77. The van der Waals surface area contributed by atoms with Crippen molar-refractivity contribution in [2.24, 2.45) is 0 Å². The van der Waals surface area contributed by atoms with E-state index in [1.54, 1.807) is 14.2 Å². The highest BCUT2D eigenvalue weighted by Crippen LogP contribution is 2.27. The molecule has 0 aliphatic carbocycles. The molecule has 22 heavy (non-hydrogen) atoms. The van der Waals surface area contributed by atoms with Gasteiger partial charge in [-0.3, -0.25) is 0 Å². The number of hydrogen-bond acceptors (Lipinski definition) is 5. The second-order valence-electron chi connectivity index (χ2n) is 4.84. The predicted molar refractivity (Wildman–Crippen MR) is 83.2 cm³/mol. The third-order valence-corrected chi connectivity index (χ3v) is 3.13. The number of aromatic nitrogens is 2. The lowest BCUT2D eigenvalue weighted by atomic mass is 10.1. The van der Waals surface area contributed by atoms with E-state index < -0.39 is 0 Å². The summed E-state index contributed by atoms with van der Waals surface area (Å²) in [6, 6.07) is 7.90. The van der Waals surface area contributed by atoms with Gasteiger partial charge in [-0.1, -0.05) is 6.07 Å². The van der Waals surface area contributed by atoms with Gasteiger partial charge >= 0.3 is 0 Å². The van der Waals surface area contributed by atoms with Crippen molar-refractivity contribution in [2.75, 3.05) is 26.1 Å². The summed E-state index contributed by atoms with van der Waals surface area (Å²) in [5.41, 5.74) is 3.11. The lowest BCUT2D eigenvalue weighted by Gasteiger charge is -2.10. The molecule has 1 N–H and O–H groups in total. The Bertz CT molecular complexity index is 600. The lowest BCUT2D eigenvalue weighted by Crippen LogP contribution is -3.00. The first-order valence-corrected chi connectivity index (χ1v) is 6.89. The van der Waals surface area contributed by atoms with Crippen molar-refractivity contribution in [3.05, 3.63) is 41.2 Å². The zero-order chi connectivity index (χ0) is 15.2. The number of benzene rings is 1. The Morgan fingerprint density at radius 2 is 1.59 bits per heavy atom. The largest absolute Gasteiger partial charge is 1.00 e. The van der Waals surface area contributed by atoms with E-state index in [1.807, 2.05) is 38.1 Å². The molecule has 2 rings (SSSR count). The molecule has 1 aromatic heterocycles. The first-order valence-electron chi connectivity index (χ1n) is 6.89. The van der Waals surface area contributed by atoms with Gasteiger partial charge in [-0.15, -0.1) is 0 Å². The number of methoxy groups -OCH3 is 2. The van der Waals surface area contributed by atoms with E-state index in [0.29, 0.717) is 5.95 Å². The van der Waals surface area contributed by atoms with Crippen LogP contribution in [0.2, 0.25) is 0 Å². The first kappa shape index (κ1) is 18.0. The number of hydrogen-bond donors (Lipinski definition) is 1. The highest BCUT2D eigenvalue weighted by molar-refractivity contribution is 5.43. The van der Waals surface area contributed by atoms with Crippen LogP contribution < -0.4 is 27.2 Å². The van der Waals surface area contributed by atoms with Crippen LogP contribution in [-0.4, -0.2) is 30.7 Å². The topological polar surface area (TPSA) is 56.3 Å². The molecule has 1 aromatic carbocycles. The van der Waals surface area contributed by atoms with E-state index in [0.717, 1.165) is 35.9 Å². The molecule has 6 heteroatoms. The van der Waals surface area contributed by atoms with E-state index >= 15 is 0 Å². The fraction of sp³-hybridized carbons (Fsp3) is 0.375. The quantitative estimate of drug-likeness (QED) is 0.796. The Labute approximate surface area is 137 Å². The van der Waals surface area contributed by atoms with Crippen LogP contribution in [-0.2, 0) is 6.42 Å². The monoisotopic (exact) mass is 322 g/mol. The normalized spacial score (nSPS) is 9.82. The number of anilines is 1. The Morgan fingerprint density at radius 3 is 2.18 bits per heavy atom. The van der Waals surface area contributed by atoms with E-state index in [2.05, 4.69) is 15.3 Å². The molecule has 120 valence electrons. The Kier molecular flexibility index (Phi) is 6.92. The third-order valence-electron chi connectivity index (χ3n) is 3.13. The Hall–Kier alpha value is -2.01. The average molecular weight is 323 g/mol. The fourth-order valence-corrected chi connectivity index (χ4v) is 2.16. The van der Waals surface area contributed by atoms with Gasteiger partial charge in [0, 0.05) is 17.9 Å². The summed E-state index contributed by atoms with van der Waals surface area (Å²) < 4.78 is 10.5. The van der Waals surface area contributed by atoms with Crippen molar-refractivity contribution >= 4 is 5.95 Å². The molecule has 0 aliphatic heterocycles. The zero-order valence-corrected chi connectivity index (χ0v) is 14.1. The SMILES string of the molecule is COc1ccc(CCNc2nc(C)cc(C)n2)cc1OC.[Cl-]. The molecular weight excluding hydrogens is 302 g/mol. The number of aryl methyl sites for hydroxylation is 2. The van der Waals surface area contributed by atoms with Gasteiger partial charge < -0.3 is 27.2 Å². The van der Waals surface area contributed by atoms with Crippen molar-refractivity contribution in [1.29, 1.82) is 0 Å². The second kappa shape index (κ2) is 8.44. The minimum absolute atomic E-state index is 0. The number of ether oxygens (including phenoxy) is 2. The molecule has 0 bridgehead atoms. The van der Waals surface area contributed by atoms with Gasteiger partial charge in [0.15, 0.2) is 11.5 Å². The highest BCUT2D eigenvalue weighted by atomic mass is 35.5. The van der Waals surface area contributed by atoms with E-state index in [-0.39, 0.29) is 12.4 Å². The molecule has 0 saturated carbocycles. The molecule has 0 radical (unpaired) electrons. The van der Waals surface area contributed by atoms with Crippen LogP contribution in [0.3, 0.4) is 0 Å². The number of rotatable bonds is 6. The predicted octanol–water partition coefficient (Wildman–Crippen LogP) is -0.231. The molecule has 5 nitrogen and oxygen atoms in total. The first-order chi connectivity index (χ1) is 10.1. The summed E-state index contributed by atoms with van der Waals surface area (Å²) in [5, 5.41) is 3.25. The minimum Gasteiger partial charge on any atom is -1.00 e. The molecular formula is C16H21ClN3O2-. The second-order valence-corrected chi connectivity index (χ2v) is 4.84. The maximum atomic E-state index is 5.30. The van der Waals surface area contributed by atoms with Crippen molar-refractivity contribution in [3.8, 4) is 11.5 Å². The summed E-state index contributed by atoms with van der Waals surface area (Å²) in [7, 11) is 3.28. The standard InChI is InChI=1S/C16H21N3O2.ClH/c1-11-9-12(2)19-16(18-11)17-8-7-13-5-6-14(20-3)15(10-13)21-4;/h5-6,9-10H,7-8H2,1-4H3,(H,17,18,19);1H/p-1. The lowest BCUT2D eigenvalue weighted by molar-refractivity contribution is -0.00000528. The van der Waals surface area contributed by atoms with E-state index in [1.165, 1.54) is 5.56 Å². The summed E-state index contributed by atoms with van der Waals surface area (Å²) >= 11 is 0. The Balaban J connectivity index is 0.00000242. The van der Waals surface area contributed by atoms with E-state index in [9.17, 15) is 0 Å². The van der Waals surface area contributed by atoms with Gasteiger partial charge in [-0.25, -0.2) is 9.97 Å². The molecule has 0 unspecified atom stereocenters. The van der Waals surface area contributed by atoms with Gasteiger partial charge in [0.1, 0.15) is 0 Å². The average Bonchev–Trinajstić information content (AvgIpc) is 2.46. The van der Waals surface area contributed by atoms with Crippen molar-refractivity contribution in [1.82, 2.24) is 9.97 Å². The number of nitrogens with one attached hydrogen (secondary N) is 1. The van der Waals surface area contributed by atoms with Crippen molar-refractivity contribution in [2.45, 2.75) is 20.3 Å². The molecule has 0 atom stereocenters. The zero-order valence-electron chi connectivity index (χ0n) is 13.3. The van der Waals surface area contributed by atoms with Gasteiger partial charge in [-0.2, -0.15) is 0 Å². The molecule has 0 saturated heterocycles. The van der Waals surface area contributed by atoms with Crippen LogP contribution in [0.4, 0.5) is 5.95 Å². The number of halogens is 1. The summed E-state index contributed by atoms with van der Waals surface area (Å²) in [4.78, 5) is 8.72. The van der Waals surface area contributed by atoms with Crippen LogP contribution in [0.25, 0.3) is 0 Å². The summed E-state index contributed by atoms with van der Waals surface area (Å²) in [5.74, 6) is 2.16. The van der Waals surface area contributed by atoms with Crippen LogP contribution >= 0.6 is 0 Å². The molecule has 0 aliphatic rings. The fourth-order valence-electron chi connectivity index (χ4n) is 2.16. The summed E-state index contributed by atoms with van der Waals surface area (Å²) in [6.45, 7) is 4.70. The maximum absolute atomic E-state index is 5.30. The van der Waals surface area contributed by atoms with E-state index in [4.69, 9.17) is 9.47 Å². The van der Waals surface area contributed by atoms with Crippen LogP contribution in [0.15, 0.2) is 24.3 Å². The van der Waals surface area contributed by atoms with Crippen LogP contribution in [0, 0.1) is 13.8 Å². The number of nitrogens with zero attached hydrogens (tertiary/aromatic N) is 2. The maximum Gasteiger partial charge on any atom is 0.223 e. The molecule has 0 fully saturated rings. The molecule has 0 spiro atoms. The van der Waals surface area contributed by atoms with Gasteiger partial charge in [0.2, 0.25) is 5.95 Å². The van der Waals surface area contributed by atoms with Crippen molar-refractivity contribution < 1.29 is 21.9 Å². The van der Waals surface area contributed by atoms with Gasteiger partial charge in [0.25, 0.3) is 0 Å². The molecule has 1 heterocycles. The smallest absolute Gasteiger partial charge is 0.223 e. The summed E-state index contributed by atoms with van der Waals surface area (Å²) in [6.07, 6.45) is 0.858. The minimum atomic E-state index is 0. The van der Waals surface area contributed by atoms with Crippen LogP contribution in [0.1, 0.15) is 17.0 Å². The highest BCUT2D eigenvalue weighted by Gasteiger charge is 2.05.